The maximum absolute atomic E-state index is 5.57. The fourth-order valence-corrected chi connectivity index (χ4v) is 1.91. The molecule has 0 bridgehead atoms. The minimum Gasteiger partial charge on any atom is -0.363 e. The van der Waals surface area contributed by atoms with E-state index in [2.05, 4.69) is 17.6 Å². The fourth-order valence-electron chi connectivity index (χ4n) is 1.67. The fraction of sp³-hybridized carbons (Fsp3) is 0.909. The summed E-state index contributed by atoms with van der Waals surface area (Å²) in [6.45, 7) is 7.01. The first-order valence-corrected chi connectivity index (χ1v) is 6.38. The first-order chi connectivity index (χ1) is 7.61. The molecule has 3 unspecified atom stereocenters. The van der Waals surface area contributed by atoms with Crippen molar-refractivity contribution in [1.29, 1.82) is 0 Å². The Morgan fingerprint density at radius 1 is 1.38 bits per heavy atom. The van der Waals surface area contributed by atoms with Gasteiger partial charge in [-0.05, 0) is 32.5 Å². The van der Waals surface area contributed by atoms with Crippen molar-refractivity contribution in [2.45, 2.75) is 58.7 Å². The van der Waals surface area contributed by atoms with Crippen LogP contribution in [0.25, 0.3) is 0 Å². The molecule has 0 aromatic heterocycles. The number of ether oxygens (including phenoxy) is 2. The molecule has 1 aliphatic heterocycles. The van der Waals surface area contributed by atoms with Crippen LogP contribution in [-0.4, -0.2) is 30.3 Å². The summed E-state index contributed by atoms with van der Waals surface area (Å²) in [5, 5.41) is 6.98. The van der Waals surface area contributed by atoms with Crippen molar-refractivity contribution in [2.75, 3.05) is 6.54 Å². The van der Waals surface area contributed by atoms with E-state index in [4.69, 9.17) is 21.7 Å². The van der Waals surface area contributed by atoms with E-state index in [1.54, 1.807) is 0 Å². The molecule has 3 atom stereocenters. The lowest BCUT2D eigenvalue weighted by Gasteiger charge is -2.33. The van der Waals surface area contributed by atoms with Gasteiger partial charge in [0.15, 0.2) is 11.4 Å². The van der Waals surface area contributed by atoms with Gasteiger partial charge in [0.25, 0.3) is 0 Å². The average Bonchev–Trinajstić information content (AvgIpc) is 2.16. The van der Waals surface area contributed by atoms with Crippen LogP contribution in [0.4, 0.5) is 0 Å². The Kier molecular flexibility index (Phi) is 6.01. The van der Waals surface area contributed by atoms with Crippen LogP contribution >= 0.6 is 12.2 Å². The first-order valence-electron chi connectivity index (χ1n) is 5.97. The Morgan fingerprint density at radius 2 is 2.12 bits per heavy atom. The zero-order chi connectivity index (χ0) is 12.0. The van der Waals surface area contributed by atoms with Gasteiger partial charge in [0.1, 0.15) is 6.23 Å². The summed E-state index contributed by atoms with van der Waals surface area (Å²) < 4.78 is 11.0. The molecule has 1 aliphatic rings. The molecule has 0 spiro atoms. The first kappa shape index (κ1) is 13.7. The average molecular weight is 246 g/mol. The molecule has 0 aromatic rings. The molecule has 0 amide bonds. The van der Waals surface area contributed by atoms with Crippen molar-refractivity contribution in [3.05, 3.63) is 0 Å². The predicted molar refractivity (Wildman–Crippen MR) is 68.1 cm³/mol. The standard InChI is InChI=1S/C11H22N2O2S/c1-4-5-6-12-11(16)13-10-7-8(2)14-9(3)15-10/h8-10H,4-7H2,1-3H3,(H2,12,13,16). The van der Waals surface area contributed by atoms with Crippen molar-refractivity contribution >= 4 is 17.3 Å². The van der Waals surface area contributed by atoms with E-state index in [0.29, 0.717) is 5.11 Å². The van der Waals surface area contributed by atoms with E-state index in [-0.39, 0.29) is 18.6 Å². The second kappa shape index (κ2) is 7.04. The van der Waals surface area contributed by atoms with Crippen molar-refractivity contribution < 1.29 is 9.47 Å². The zero-order valence-electron chi connectivity index (χ0n) is 10.3. The number of rotatable bonds is 4. The van der Waals surface area contributed by atoms with E-state index in [1.807, 2.05) is 13.8 Å². The summed E-state index contributed by atoms with van der Waals surface area (Å²) in [5.74, 6) is 0. The number of hydrogen-bond acceptors (Lipinski definition) is 3. The Labute approximate surface area is 103 Å². The van der Waals surface area contributed by atoms with Crippen LogP contribution < -0.4 is 10.6 Å². The molecule has 1 fully saturated rings. The summed E-state index contributed by atoms with van der Waals surface area (Å²) in [5.41, 5.74) is 0. The maximum Gasteiger partial charge on any atom is 0.168 e. The van der Waals surface area contributed by atoms with Gasteiger partial charge in [-0.15, -0.1) is 0 Å². The summed E-state index contributed by atoms with van der Waals surface area (Å²) >= 11 is 5.18. The molecule has 0 radical (unpaired) electrons. The van der Waals surface area contributed by atoms with Gasteiger partial charge >= 0.3 is 0 Å². The highest BCUT2D eigenvalue weighted by Gasteiger charge is 2.24. The Hall–Kier alpha value is -0.390. The van der Waals surface area contributed by atoms with Gasteiger partial charge in [-0.25, -0.2) is 0 Å². The highest BCUT2D eigenvalue weighted by Crippen LogP contribution is 2.15. The molecule has 1 rings (SSSR count). The molecular weight excluding hydrogens is 224 g/mol. The molecule has 1 saturated heterocycles. The largest absolute Gasteiger partial charge is 0.363 e. The molecule has 94 valence electrons. The highest BCUT2D eigenvalue weighted by molar-refractivity contribution is 7.80. The minimum atomic E-state index is -0.167. The molecule has 4 nitrogen and oxygen atoms in total. The van der Waals surface area contributed by atoms with Crippen molar-refractivity contribution in [3.63, 3.8) is 0 Å². The quantitative estimate of drug-likeness (QED) is 0.584. The van der Waals surface area contributed by atoms with Gasteiger partial charge in [0, 0.05) is 13.0 Å². The zero-order valence-corrected chi connectivity index (χ0v) is 11.1. The van der Waals surface area contributed by atoms with Crippen LogP contribution in [0.5, 0.6) is 0 Å². The van der Waals surface area contributed by atoms with Gasteiger partial charge < -0.3 is 20.1 Å². The topological polar surface area (TPSA) is 42.5 Å². The van der Waals surface area contributed by atoms with Crippen LogP contribution in [0, 0.1) is 0 Å². The predicted octanol–water partition coefficient (Wildman–Crippen LogP) is 1.75. The van der Waals surface area contributed by atoms with E-state index in [1.165, 1.54) is 0 Å². The van der Waals surface area contributed by atoms with Gasteiger partial charge in [0.2, 0.25) is 0 Å². The lowest BCUT2D eigenvalue weighted by Crippen LogP contribution is -2.49. The monoisotopic (exact) mass is 246 g/mol. The van der Waals surface area contributed by atoms with Gasteiger partial charge in [-0.2, -0.15) is 0 Å². The molecular formula is C11H22N2O2S. The summed E-state index contributed by atoms with van der Waals surface area (Å²) in [4.78, 5) is 0. The molecule has 2 N–H and O–H groups in total. The van der Waals surface area contributed by atoms with Crippen molar-refractivity contribution in [3.8, 4) is 0 Å². The third kappa shape index (κ3) is 5.09. The van der Waals surface area contributed by atoms with E-state index >= 15 is 0 Å². The Morgan fingerprint density at radius 3 is 2.75 bits per heavy atom. The molecule has 1 heterocycles. The molecule has 0 aliphatic carbocycles. The SMILES string of the molecule is CCCCNC(=S)NC1CC(C)OC(C)O1. The Balaban J connectivity index is 2.22. The normalized spacial score (nSPS) is 29.8. The van der Waals surface area contributed by atoms with Gasteiger partial charge in [0.05, 0.1) is 6.10 Å². The summed E-state index contributed by atoms with van der Waals surface area (Å²) in [6, 6.07) is 0. The highest BCUT2D eigenvalue weighted by atomic mass is 32.1. The second-order valence-electron chi connectivity index (χ2n) is 4.13. The second-order valence-corrected chi connectivity index (χ2v) is 4.54. The maximum atomic E-state index is 5.57. The van der Waals surface area contributed by atoms with E-state index < -0.39 is 0 Å². The van der Waals surface area contributed by atoms with Crippen LogP contribution in [-0.2, 0) is 9.47 Å². The van der Waals surface area contributed by atoms with Crippen LogP contribution in [0.2, 0.25) is 0 Å². The summed E-state index contributed by atoms with van der Waals surface area (Å²) in [7, 11) is 0. The lowest BCUT2D eigenvalue weighted by atomic mass is 10.2. The smallest absolute Gasteiger partial charge is 0.168 e. The number of unbranched alkanes of at least 4 members (excludes halogenated alkanes) is 1. The van der Waals surface area contributed by atoms with Gasteiger partial charge in [-0.3, -0.25) is 0 Å². The molecule has 0 saturated carbocycles. The number of thiocarbonyl (C=S) groups is 1. The van der Waals surface area contributed by atoms with E-state index in [0.717, 1.165) is 25.8 Å². The third-order valence-corrected chi connectivity index (χ3v) is 2.70. The van der Waals surface area contributed by atoms with Crippen LogP contribution in [0.15, 0.2) is 0 Å². The summed E-state index contributed by atoms with van der Waals surface area (Å²) in [6.07, 6.45) is 3.11. The van der Waals surface area contributed by atoms with Crippen molar-refractivity contribution in [1.82, 2.24) is 10.6 Å². The van der Waals surface area contributed by atoms with Crippen LogP contribution in [0.3, 0.4) is 0 Å². The van der Waals surface area contributed by atoms with Crippen LogP contribution in [0.1, 0.15) is 40.0 Å². The third-order valence-electron chi connectivity index (χ3n) is 2.43. The molecule has 16 heavy (non-hydrogen) atoms. The van der Waals surface area contributed by atoms with E-state index in [9.17, 15) is 0 Å². The van der Waals surface area contributed by atoms with Gasteiger partial charge in [-0.1, -0.05) is 13.3 Å². The number of hydrogen-bond donors (Lipinski definition) is 2. The lowest BCUT2D eigenvalue weighted by molar-refractivity contribution is -0.232. The Bertz CT molecular complexity index is 216. The minimum absolute atomic E-state index is 0.0413. The number of nitrogens with one attached hydrogen (secondary N) is 2. The molecule has 0 aromatic carbocycles. The molecule has 5 heteroatoms. The van der Waals surface area contributed by atoms with Crippen molar-refractivity contribution in [2.24, 2.45) is 0 Å².